The SMILES string of the molecule is Cn1ccnc1CNC(=O)c1sc2nccnc2c1N. The number of hydrogen-bond acceptors (Lipinski definition) is 6. The summed E-state index contributed by atoms with van der Waals surface area (Å²) < 4.78 is 1.84. The lowest BCUT2D eigenvalue weighted by Crippen LogP contribution is -2.24. The van der Waals surface area contributed by atoms with Gasteiger partial charge >= 0.3 is 0 Å². The van der Waals surface area contributed by atoms with E-state index >= 15 is 0 Å². The number of amides is 1. The second kappa shape index (κ2) is 4.89. The number of nitrogens with two attached hydrogens (primary N) is 1. The van der Waals surface area contributed by atoms with Crippen molar-refractivity contribution in [2.75, 3.05) is 5.73 Å². The number of nitrogens with zero attached hydrogens (tertiary/aromatic N) is 4. The molecule has 0 saturated carbocycles. The minimum Gasteiger partial charge on any atom is -0.396 e. The van der Waals surface area contributed by atoms with E-state index in [1.807, 2.05) is 17.8 Å². The first-order chi connectivity index (χ1) is 9.66. The van der Waals surface area contributed by atoms with E-state index in [2.05, 4.69) is 20.3 Å². The summed E-state index contributed by atoms with van der Waals surface area (Å²) in [6.45, 7) is 0.344. The first kappa shape index (κ1) is 12.5. The molecule has 3 N–H and O–H groups in total. The molecule has 0 spiro atoms. The predicted molar refractivity (Wildman–Crippen MR) is 76.2 cm³/mol. The van der Waals surface area contributed by atoms with Gasteiger partial charge in [0.1, 0.15) is 21.0 Å². The average molecular weight is 288 g/mol. The van der Waals surface area contributed by atoms with Crippen LogP contribution < -0.4 is 11.1 Å². The standard InChI is InChI=1S/C12H12N6OS/c1-18-5-4-14-7(18)6-17-11(19)10-8(13)9-12(20-10)16-3-2-15-9/h2-5H,6,13H2,1H3,(H,17,19). The molecule has 1 amide bonds. The Kier molecular flexibility index (Phi) is 3.07. The zero-order valence-corrected chi connectivity index (χ0v) is 11.5. The van der Waals surface area contributed by atoms with Crippen LogP contribution in [-0.4, -0.2) is 25.4 Å². The Morgan fingerprint density at radius 2 is 2.15 bits per heavy atom. The second-order valence-electron chi connectivity index (χ2n) is 4.19. The van der Waals surface area contributed by atoms with Crippen molar-refractivity contribution in [2.24, 2.45) is 7.05 Å². The molecule has 0 atom stereocenters. The Balaban J connectivity index is 1.82. The molecule has 0 fully saturated rings. The number of imidazole rings is 1. The van der Waals surface area contributed by atoms with Crippen molar-refractivity contribution in [3.63, 3.8) is 0 Å². The lowest BCUT2D eigenvalue weighted by atomic mass is 10.3. The van der Waals surface area contributed by atoms with Crippen molar-refractivity contribution in [3.05, 3.63) is 35.5 Å². The maximum absolute atomic E-state index is 12.2. The van der Waals surface area contributed by atoms with Crippen LogP contribution in [0, 0.1) is 0 Å². The van der Waals surface area contributed by atoms with E-state index in [1.54, 1.807) is 18.6 Å². The minimum absolute atomic E-state index is 0.240. The number of hydrogen-bond donors (Lipinski definition) is 2. The molecule has 0 aliphatic rings. The number of nitrogens with one attached hydrogen (secondary N) is 1. The van der Waals surface area contributed by atoms with Crippen molar-refractivity contribution in [2.45, 2.75) is 6.54 Å². The van der Waals surface area contributed by atoms with Crippen LogP contribution in [0.4, 0.5) is 5.69 Å². The summed E-state index contributed by atoms with van der Waals surface area (Å²) in [5.74, 6) is 0.532. The smallest absolute Gasteiger partial charge is 0.264 e. The third kappa shape index (κ3) is 2.10. The van der Waals surface area contributed by atoms with E-state index in [0.29, 0.717) is 27.5 Å². The van der Waals surface area contributed by atoms with E-state index < -0.39 is 0 Å². The van der Waals surface area contributed by atoms with Gasteiger partial charge in [0, 0.05) is 31.8 Å². The van der Waals surface area contributed by atoms with E-state index in [0.717, 1.165) is 5.82 Å². The van der Waals surface area contributed by atoms with Gasteiger partial charge in [-0.1, -0.05) is 0 Å². The zero-order chi connectivity index (χ0) is 14.1. The predicted octanol–water partition coefficient (Wildman–Crippen LogP) is 0.937. The molecule has 3 heterocycles. The number of anilines is 1. The lowest BCUT2D eigenvalue weighted by Gasteiger charge is -2.04. The summed E-state index contributed by atoms with van der Waals surface area (Å²) in [5, 5.41) is 2.80. The highest BCUT2D eigenvalue weighted by Gasteiger charge is 2.17. The van der Waals surface area contributed by atoms with Crippen LogP contribution >= 0.6 is 11.3 Å². The normalized spacial score (nSPS) is 10.8. The quantitative estimate of drug-likeness (QED) is 0.747. The van der Waals surface area contributed by atoms with E-state index in [-0.39, 0.29) is 5.91 Å². The number of rotatable bonds is 3. The van der Waals surface area contributed by atoms with E-state index in [4.69, 9.17) is 5.73 Å². The molecular weight excluding hydrogens is 276 g/mol. The van der Waals surface area contributed by atoms with Gasteiger partial charge in [-0.25, -0.2) is 15.0 Å². The summed E-state index contributed by atoms with van der Waals surface area (Å²) in [7, 11) is 1.87. The van der Waals surface area contributed by atoms with Gasteiger partial charge in [0.15, 0.2) is 0 Å². The maximum atomic E-state index is 12.2. The number of nitrogen functional groups attached to an aromatic ring is 1. The topological polar surface area (TPSA) is 98.7 Å². The fourth-order valence-corrected chi connectivity index (χ4v) is 2.76. The van der Waals surface area contributed by atoms with Gasteiger partial charge < -0.3 is 15.6 Å². The van der Waals surface area contributed by atoms with Crippen LogP contribution in [0.3, 0.4) is 0 Å². The molecule has 0 radical (unpaired) electrons. The molecule has 0 aliphatic heterocycles. The molecule has 0 bridgehead atoms. The molecule has 0 aromatic carbocycles. The zero-order valence-electron chi connectivity index (χ0n) is 10.7. The number of aromatic nitrogens is 4. The van der Waals surface area contributed by atoms with Crippen molar-refractivity contribution in [3.8, 4) is 0 Å². The monoisotopic (exact) mass is 288 g/mol. The molecule has 0 saturated heterocycles. The summed E-state index contributed by atoms with van der Waals surface area (Å²) in [4.78, 5) is 25.7. The first-order valence-corrected chi connectivity index (χ1v) is 6.72. The van der Waals surface area contributed by atoms with Gasteiger partial charge in [-0.15, -0.1) is 11.3 Å². The van der Waals surface area contributed by atoms with Gasteiger partial charge in [-0.3, -0.25) is 4.79 Å². The molecule has 0 aliphatic carbocycles. The molecule has 20 heavy (non-hydrogen) atoms. The number of carbonyl (C=O) groups excluding carboxylic acids is 1. The third-order valence-corrected chi connectivity index (χ3v) is 4.00. The molecule has 8 heteroatoms. The van der Waals surface area contributed by atoms with Crippen LogP contribution in [0.15, 0.2) is 24.8 Å². The van der Waals surface area contributed by atoms with Crippen molar-refractivity contribution >= 4 is 33.3 Å². The van der Waals surface area contributed by atoms with Crippen molar-refractivity contribution < 1.29 is 4.79 Å². The molecule has 102 valence electrons. The molecule has 3 aromatic heterocycles. The van der Waals surface area contributed by atoms with Crippen LogP contribution in [0.2, 0.25) is 0 Å². The Hall–Kier alpha value is -2.48. The molecule has 7 nitrogen and oxygen atoms in total. The lowest BCUT2D eigenvalue weighted by molar-refractivity contribution is 0.0954. The Bertz CT molecular complexity index is 777. The Labute approximate surface area is 118 Å². The number of thiophene rings is 1. The molecule has 0 unspecified atom stereocenters. The second-order valence-corrected chi connectivity index (χ2v) is 5.19. The molecule has 3 aromatic rings. The summed E-state index contributed by atoms with van der Waals surface area (Å²) in [6, 6.07) is 0. The van der Waals surface area contributed by atoms with E-state index in [1.165, 1.54) is 11.3 Å². The van der Waals surface area contributed by atoms with Gasteiger partial charge in [0.2, 0.25) is 0 Å². The van der Waals surface area contributed by atoms with Gasteiger partial charge in [0.25, 0.3) is 5.91 Å². The number of carbonyl (C=O) groups is 1. The average Bonchev–Trinajstić information content (AvgIpc) is 3.01. The van der Waals surface area contributed by atoms with Crippen molar-refractivity contribution in [1.82, 2.24) is 24.8 Å². The largest absolute Gasteiger partial charge is 0.396 e. The Morgan fingerprint density at radius 1 is 1.35 bits per heavy atom. The highest BCUT2D eigenvalue weighted by Crippen LogP contribution is 2.30. The Morgan fingerprint density at radius 3 is 2.85 bits per heavy atom. The molecule has 3 rings (SSSR count). The van der Waals surface area contributed by atoms with Crippen LogP contribution in [0.1, 0.15) is 15.5 Å². The highest BCUT2D eigenvalue weighted by atomic mass is 32.1. The maximum Gasteiger partial charge on any atom is 0.264 e. The minimum atomic E-state index is -0.240. The fourth-order valence-electron chi connectivity index (χ4n) is 1.82. The van der Waals surface area contributed by atoms with Crippen LogP contribution in [0.25, 0.3) is 10.3 Å². The first-order valence-electron chi connectivity index (χ1n) is 5.90. The number of aryl methyl sites for hydroxylation is 1. The molecular formula is C12H12N6OS. The van der Waals surface area contributed by atoms with Crippen LogP contribution in [0.5, 0.6) is 0 Å². The summed E-state index contributed by atoms with van der Waals surface area (Å²) >= 11 is 1.24. The van der Waals surface area contributed by atoms with Crippen molar-refractivity contribution in [1.29, 1.82) is 0 Å². The summed E-state index contributed by atoms with van der Waals surface area (Å²) in [6.07, 6.45) is 6.64. The summed E-state index contributed by atoms with van der Waals surface area (Å²) in [5.41, 5.74) is 6.88. The van der Waals surface area contributed by atoms with Crippen LogP contribution in [-0.2, 0) is 13.6 Å². The fraction of sp³-hybridized carbons (Fsp3) is 0.167. The van der Waals surface area contributed by atoms with Gasteiger partial charge in [0.05, 0.1) is 12.2 Å². The van der Waals surface area contributed by atoms with Gasteiger partial charge in [-0.2, -0.15) is 0 Å². The third-order valence-electron chi connectivity index (χ3n) is 2.90. The van der Waals surface area contributed by atoms with E-state index in [9.17, 15) is 4.79 Å². The number of fused-ring (bicyclic) bond motifs is 1. The highest BCUT2D eigenvalue weighted by molar-refractivity contribution is 7.21. The van der Waals surface area contributed by atoms with Gasteiger partial charge in [-0.05, 0) is 0 Å².